The summed E-state index contributed by atoms with van der Waals surface area (Å²) in [5.41, 5.74) is 0.796. The first-order chi connectivity index (χ1) is 14.5. The Morgan fingerprint density at radius 3 is 2.53 bits per heavy atom. The van der Waals surface area contributed by atoms with Crippen LogP contribution < -0.4 is 0 Å². The minimum atomic E-state index is -0.984. The van der Waals surface area contributed by atoms with E-state index in [9.17, 15) is 5.11 Å². The highest BCUT2D eigenvalue weighted by atomic mass is 16.5. The minimum Gasteiger partial charge on any atom is -0.384 e. The van der Waals surface area contributed by atoms with Crippen molar-refractivity contribution in [2.75, 3.05) is 19.7 Å². The van der Waals surface area contributed by atoms with E-state index in [2.05, 4.69) is 25.2 Å². The molecule has 162 valence electrons. The predicted octanol–water partition coefficient (Wildman–Crippen LogP) is 2.17. The normalized spacial score (nSPS) is 29.8. The lowest BCUT2D eigenvalue weighted by molar-refractivity contribution is -0.0376. The average Bonchev–Trinajstić information content (AvgIpc) is 3.24. The van der Waals surface area contributed by atoms with E-state index in [1.165, 1.54) is 18.4 Å². The van der Waals surface area contributed by atoms with E-state index in [-0.39, 0.29) is 12.1 Å². The summed E-state index contributed by atoms with van der Waals surface area (Å²) in [4.78, 5) is 10.8. The molecule has 3 heterocycles. The number of likely N-dealkylation sites (tertiary alicyclic amines) is 1. The van der Waals surface area contributed by atoms with Crippen LogP contribution in [0.15, 0.2) is 24.9 Å². The third kappa shape index (κ3) is 4.40. The lowest BCUT2D eigenvalue weighted by atomic mass is 9.77. The minimum absolute atomic E-state index is 0.156. The van der Waals surface area contributed by atoms with Crippen LogP contribution in [0.2, 0.25) is 0 Å². The maximum atomic E-state index is 10.3. The summed E-state index contributed by atoms with van der Waals surface area (Å²) < 4.78 is 8.39. The Bertz CT molecular complexity index is 847. The molecule has 2 aromatic heterocycles. The van der Waals surface area contributed by atoms with Crippen molar-refractivity contribution in [2.24, 2.45) is 17.8 Å². The number of hydrogen-bond acceptors (Lipinski definition) is 7. The average molecular weight is 413 g/mol. The summed E-state index contributed by atoms with van der Waals surface area (Å²) in [7, 11) is 0. The Hall–Kier alpha value is -1.90. The Kier molecular flexibility index (Phi) is 5.33. The number of hydrogen-bond donors (Lipinski definition) is 1. The zero-order valence-corrected chi connectivity index (χ0v) is 17.9. The summed E-state index contributed by atoms with van der Waals surface area (Å²) >= 11 is 0. The van der Waals surface area contributed by atoms with Gasteiger partial charge in [0.05, 0.1) is 18.3 Å². The molecule has 0 bridgehead atoms. The van der Waals surface area contributed by atoms with Gasteiger partial charge in [-0.15, -0.1) is 5.10 Å². The van der Waals surface area contributed by atoms with Gasteiger partial charge in [-0.3, -0.25) is 4.90 Å². The molecule has 2 saturated carbocycles. The van der Waals surface area contributed by atoms with E-state index >= 15 is 0 Å². The molecule has 0 amide bonds. The summed E-state index contributed by atoms with van der Waals surface area (Å²) in [5, 5.41) is 19.0. The molecule has 3 aliphatic rings. The highest BCUT2D eigenvalue weighted by molar-refractivity contribution is 5.06. The van der Waals surface area contributed by atoms with Crippen LogP contribution in [0.1, 0.15) is 56.8 Å². The maximum absolute atomic E-state index is 10.3. The van der Waals surface area contributed by atoms with Gasteiger partial charge in [0.25, 0.3) is 0 Å². The fraction of sp³-hybridized carbons (Fsp3) is 0.727. The van der Waals surface area contributed by atoms with Gasteiger partial charge >= 0.3 is 0 Å². The largest absolute Gasteiger partial charge is 0.384 e. The van der Waals surface area contributed by atoms with E-state index in [4.69, 9.17) is 4.74 Å². The zero-order chi connectivity index (χ0) is 20.7. The van der Waals surface area contributed by atoms with Crippen molar-refractivity contribution in [1.29, 1.82) is 0 Å². The number of nitrogens with zero attached hydrogens (tertiary/aromatic N) is 6. The van der Waals surface area contributed by atoms with Gasteiger partial charge in [-0.2, -0.15) is 0 Å². The van der Waals surface area contributed by atoms with Crippen LogP contribution in [-0.2, 0) is 16.9 Å². The van der Waals surface area contributed by atoms with Crippen LogP contribution in [0.25, 0.3) is 0 Å². The number of aliphatic hydroxyl groups is 1. The lowest BCUT2D eigenvalue weighted by Gasteiger charge is -2.37. The van der Waals surface area contributed by atoms with Crippen LogP contribution in [-0.4, -0.2) is 60.8 Å². The van der Waals surface area contributed by atoms with Crippen LogP contribution in [0, 0.1) is 17.8 Å². The third-order valence-electron chi connectivity index (χ3n) is 6.90. The molecule has 4 atom stereocenters. The van der Waals surface area contributed by atoms with E-state index in [0.29, 0.717) is 17.5 Å². The van der Waals surface area contributed by atoms with Crippen molar-refractivity contribution in [3.63, 3.8) is 0 Å². The molecule has 2 aliphatic carbocycles. The van der Waals surface area contributed by atoms with E-state index in [1.54, 1.807) is 20.2 Å². The van der Waals surface area contributed by atoms with Crippen molar-refractivity contribution in [3.8, 4) is 0 Å². The maximum Gasteiger partial charge on any atom is 0.115 e. The van der Waals surface area contributed by atoms with Crippen molar-refractivity contribution < 1.29 is 9.84 Å². The first-order valence-electron chi connectivity index (χ1n) is 11.2. The van der Waals surface area contributed by atoms with Gasteiger partial charge in [0.1, 0.15) is 17.6 Å². The first kappa shape index (κ1) is 20.0. The molecule has 1 aliphatic heterocycles. The standard InChI is InChI=1S/C22H32N6O2/c1-22(2,29)21-12-28(26-25-21)19-5-17-10-27(9-16-7-23-14-24-8-16)11-18(17)6-20(19)30-13-15-3-4-15/h7-8,12,14-15,17-20,29H,3-6,9-11,13H2,1-2H3/t17-,18+,19-,20-/m1/s1. The van der Waals surface area contributed by atoms with Crippen molar-refractivity contribution in [3.05, 3.63) is 36.2 Å². The molecule has 8 heteroatoms. The molecule has 3 fully saturated rings. The number of ether oxygens (including phenoxy) is 1. The van der Waals surface area contributed by atoms with E-state index in [1.807, 2.05) is 23.3 Å². The van der Waals surface area contributed by atoms with Gasteiger partial charge in [-0.05, 0) is 57.3 Å². The van der Waals surface area contributed by atoms with Crippen LogP contribution >= 0.6 is 0 Å². The molecule has 0 spiro atoms. The zero-order valence-electron chi connectivity index (χ0n) is 17.9. The molecule has 0 aromatic carbocycles. The Morgan fingerprint density at radius 1 is 1.13 bits per heavy atom. The van der Waals surface area contributed by atoms with Gasteiger partial charge in [0.15, 0.2) is 0 Å². The van der Waals surface area contributed by atoms with Gasteiger partial charge in [-0.1, -0.05) is 5.21 Å². The van der Waals surface area contributed by atoms with Crippen LogP contribution in [0.5, 0.6) is 0 Å². The van der Waals surface area contributed by atoms with Crippen LogP contribution in [0.3, 0.4) is 0 Å². The number of aromatic nitrogens is 5. The fourth-order valence-electron chi connectivity index (χ4n) is 5.01. The molecule has 1 saturated heterocycles. The molecular formula is C22H32N6O2. The highest BCUT2D eigenvalue weighted by Gasteiger charge is 2.44. The molecule has 5 rings (SSSR count). The predicted molar refractivity (Wildman–Crippen MR) is 110 cm³/mol. The molecule has 30 heavy (non-hydrogen) atoms. The Balaban J connectivity index is 1.31. The van der Waals surface area contributed by atoms with Crippen molar-refractivity contribution in [2.45, 2.75) is 63.8 Å². The summed E-state index contributed by atoms with van der Waals surface area (Å²) in [6.07, 6.45) is 12.2. The Labute approximate surface area is 177 Å². The highest BCUT2D eigenvalue weighted by Crippen LogP contribution is 2.43. The number of rotatable bonds is 7. The molecule has 1 N–H and O–H groups in total. The SMILES string of the molecule is CC(C)(O)c1cn([C@@H]2C[C@@H]3CN(Cc4cncnc4)C[C@@H]3C[C@H]2OCC2CC2)nn1. The molecule has 8 nitrogen and oxygen atoms in total. The molecule has 0 unspecified atom stereocenters. The second-order valence-electron chi connectivity index (χ2n) is 9.96. The quantitative estimate of drug-likeness (QED) is 0.745. The summed E-state index contributed by atoms with van der Waals surface area (Å²) in [6, 6.07) is 0.175. The second-order valence-corrected chi connectivity index (χ2v) is 9.96. The first-order valence-corrected chi connectivity index (χ1v) is 11.2. The Morgan fingerprint density at radius 2 is 1.87 bits per heavy atom. The number of fused-ring (bicyclic) bond motifs is 1. The monoisotopic (exact) mass is 412 g/mol. The molecule has 0 radical (unpaired) electrons. The van der Waals surface area contributed by atoms with Crippen molar-refractivity contribution in [1.82, 2.24) is 29.9 Å². The molecule has 2 aromatic rings. The third-order valence-corrected chi connectivity index (χ3v) is 6.90. The van der Waals surface area contributed by atoms with Gasteiger partial charge in [0.2, 0.25) is 0 Å². The summed E-state index contributed by atoms with van der Waals surface area (Å²) in [5.74, 6) is 2.01. The van der Waals surface area contributed by atoms with E-state index < -0.39 is 5.60 Å². The van der Waals surface area contributed by atoms with Crippen LogP contribution in [0.4, 0.5) is 0 Å². The van der Waals surface area contributed by atoms with Gasteiger partial charge in [-0.25, -0.2) is 14.6 Å². The van der Waals surface area contributed by atoms with E-state index in [0.717, 1.165) is 45.0 Å². The van der Waals surface area contributed by atoms with Gasteiger partial charge < -0.3 is 9.84 Å². The summed E-state index contributed by atoms with van der Waals surface area (Å²) in [6.45, 7) is 7.44. The van der Waals surface area contributed by atoms with Crippen molar-refractivity contribution >= 4 is 0 Å². The smallest absolute Gasteiger partial charge is 0.115 e. The van der Waals surface area contributed by atoms with Gasteiger partial charge in [0, 0.05) is 44.2 Å². The lowest BCUT2D eigenvalue weighted by Crippen LogP contribution is -2.38. The fourth-order valence-corrected chi connectivity index (χ4v) is 5.01. The second kappa shape index (κ2) is 7.98. The topological polar surface area (TPSA) is 89.2 Å². The molecular weight excluding hydrogens is 380 g/mol.